The summed E-state index contributed by atoms with van der Waals surface area (Å²) in [6, 6.07) is 14.9. The SMILES string of the molecule is CC(Cc1ccc(Br)cc1)Nc1ccc2nccnc2c1. The normalized spacial score (nSPS) is 12.3. The zero-order valence-electron chi connectivity index (χ0n) is 11.8. The number of anilines is 1. The highest BCUT2D eigenvalue weighted by Crippen LogP contribution is 2.17. The first kappa shape index (κ1) is 14.0. The third-order valence-electron chi connectivity index (χ3n) is 3.34. The fourth-order valence-corrected chi connectivity index (χ4v) is 2.63. The summed E-state index contributed by atoms with van der Waals surface area (Å²) in [6.07, 6.45) is 4.41. The average molecular weight is 342 g/mol. The molecule has 0 aliphatic heterocycles. The lowest BCUT2D eigenvalue weighted by molar-refractivity contribution is 0.790. The maximum absolute atomic E-state index is 4.34. The number of fused-ring (bicyclic) bond motifs is 1. The van der Waals surface area contributed by atoms with Crippen LogP contribution in [0, 0.1) is 0 Å². The summed E-state index contributed by atoms with van der Waals surface area (Å²) in [6.45, 7) is 2.18. The highest BCUT2D eigenvalue weighted by atomic mass is 79.9. The third kappa shape index (κ3) is 3.58. The van der Waals surface area contributed by atoms with Crippen LogP contribution >= 0.6 is 15.9 Å². The lowest BCUT2D eigenvalue weighted by atomic mass is 10.1. The van der Waals surface area contributed by atoms with Crippen molar-refractivity contribution >= 4 is 32.7 Å². The summed E-state index contributed by atoms with van der Waals surface area (Å²) in [5, 5.41) is 3.52. The summed E-state index contributed by atoms with van der Waals surface area (Å²) in [5.41, 5.74) is 4.23. The van der Waals surface area contributed by atoms with E-state index in [1.54, 1.807) is 12.4 Å². The van der Waals surface area contributed by atoms with E-state index in [2.05, 4.69) is 68.5 Å². The number of aromatic nitrogens is 2. The van der Waals surface area contributed by atoms with Crippen LogP contribution in [0.15, 0.2) is 59.3 Å². The zero-order valence-corrected chi connectivity index (χ0v) is 13.3. The van der Waals surface area contributed by atoms with Crippen LogP contribution in [-0.4, -0.2) is 16.0 Å². The van der Waals surface area contributed by atoms with E-state index < -0.39 is 0 Å². The number of nitrogens with one attached hydrogen (secondary N) is 1. The fraction of sp³-hybridized carbons (Fsp3) is 0.176. The van der Waals surface area contributed by atoms with Crippen molar-refractivity contribution < 1.29 is 0 Å². The quantitative estimate of drug-likeness (QED) is 0.762. The molecule has 0 amide bonds. The molecule has 21 heavy (non-hydrogen) atoms. The number of halogens is 1. The van der Waals surface area contributed by atoms with Gasteiger partial charge in [0.1, 0.15) is 0 Å². The molecule has 1 N–H and O–H groups in total. The molecule has 1 atom stereocenters. The Morgan fingerprint density at radius 1 is 1.00 bits per heavy atom. The lowest BCUT2D eigenvalue weighted by Crippen LogP contribution is -2.18. The molecule has 3 aromatic rings. The molecule has 106 valence electrons. The predicted molar refractivity (Wildman–Crippen MR) is 90.5 cm³/mol. The summed E-state index contributed by atoms with van der Waals surface area (Å²) in [7, 11) is 0. The smallest absolute Gasteiger partial charge is 0.0907 e. The fourth-order valence-electron chi connectivity index (χ4n) is 2.36. The van der Waals surface area contributed by atoms with Crippen LogP contribution in [0.1, 0.15) is 12.5 Å². The van der Waals surface area contributed by atoms with Crippen molar-refractivity contribution in [2.75, 3.05) is 5.32 Å². The van der Waals surface area contributed by atoms with Gasteiger partial charge in [-0.05, 0) is 49.2 Å². The van der Waals surface area contributed by atoms with Gasteiger partial charge in [0.05, 0.1) is 11.0 Å². The van der Waals surface area contributed by atoms with Gasteiger partial charge in [-0.25, -0.2) is 0 Å². The second-order valence-electron chi connectivity index (χ2n) is 5.14. The highest BCUT2D eigenvalue weighted by Gasteiger charge is 2.05. The number of benzene rings is 2. The Morgan fingerprint density at radius 3 is 2.48 bits per heavy atom. The van der Waals surface area contributed by atoms with Gasteiger partial charge in [0.15, 0.2) is 0 Å². The van der Waals surface area contributed by atoms with Crippen LogP contribution in [0.25, 0.3) is 11.0 Å². The molecule has 0 radical (unpaired) electrons. The third-order valence-corrected chi connectivity index (χ3v) is 3.87. The number of nitrogens with zero attached hydrogens (tertiary/aromatic N) is 2. The van der Waals surface area contributed by atoms with Gasteiger partial charge in [-0.1, -0.05) is 28.1 Å². The highest BCUT2D eigenvalue weighted by molar-refractivity contribution is 9.10. The van der Waals surface area contributed by atoms with Crippen molar-refractivity contribution in [3.63, 3.8) is 0 Å². The van der Waals surface area contributed by atoms with Crippen LogP contribution < -0.4 is 5.32 Å². The minimum absolute atomic E-state index is 0.347. The monoisotopic (exact) mass is 341 g/mol. The Kier molecular flexibility index (Phi) is 4.15. The maximum Gasteiger partial charge on any atom is 0.0907 e. The van der Waals surface area contributed by atoms with E-state index in [0.29, 0.717) is 6.04 Å². The molecule has 0 aliphatic rings. The van der Waals surface area contributed by atoms with E-state index in [-0.39, 0.29) is 0 Å². The molecule has 0 bridgehead atoms. The molecule has 0 saturated carbocycles. The Bertz CT molecular complexity index is 740. The lowest BCUT2D eigenvalue weighted by Gasteiger charge is -2.15. The van der Waals surface area contributed by atoms with E-state index in [1.807, 2.05) is 12.1 Å². The first-order valence-electron chi connectivity index (χ1n) is 6.92. The van der Waals surface area contributed by atoms with Gasteiger partial charge in [-0.3, -0.25) is 9.97 Å². The average Bonchev–Trinajstić information content (AvgIpc) is 2.49. The van der Waals surface area contributed by atoms with Crippen LogP contribution in [0.5, 0.6) is 0 Å². The van der Waals surface area contributed by atoms with Crippen molar-refractivity contribution in [1.29, 1.82) is 0 Å². The molecule has 1 heterocycles. The summed E-state index contributed by atoms with van der Waals surface area (Å²) >= 11 is 3.46. The van der Waals surface area contributed by atoms with Crippen LogP contribution in [0.4, 0.5) is 5.69 Å². The van der Waals surface area contributed by atoms with E-state index in [4.69, 9.17) is 0 Å². The summed E-state index contributed by atoms with van der Waals surface area (Å²) in [4.78, 5) is 8.62. The van der Waals surface area contributed by atoms with Gasteiger partial charge in [-0.2, -0.15) is 0 Å². The molecule has 3 rings (SSSR count). The minimum atomic E-state index is 0.347. The molecule has 1 aromatic heterocycles. The van der Waals surface area contributed by atoms with Gasteiger partial charge in [0.25, 0.3) is 0 Å². The second-order valence-corrected chi connectivity index (χ2v) is 6.05. The van der Waals surface area contributed by atoms with Crippen molar-refractivity contribution in [3.05, 3.63) is 64.9 Å². The van der Waals surface area contributed by atoms with Gasteiger partial charge in [0, 0.05) is 28.6 Å². The Morgan fingerprint density at radius 2 is 1.71 bits per heavy atom. The predicted octanol–water partition coefficient (Wildman–Crippen LogP) is 4.44. The van der Waals surface area contributed by atoms with Gasteiger partial charge in [-0.15, -0.1) is 0 Å². The molecule has 4 heteroatoms. The van der Waals surface area contributed by atoms with Gasteiger partial charge >= 0.3 is 0 Å². The first-order chi connectivity index (χ1) is 10.2. The zero-order chi connectivity index (χ0) is 14.7. The van der Waals surface area contributed by atoms with Crippen molar-refractivity contribution in [2.45, 2.75) is 19.4 Å². The summed E-state index contributed by atoms with van der Waals surface area (Å²) < 4.78 is 1.11. The van der Waals surface area contributed by atoms with Crippen LogP contribution in [0.3, 0.4) is 0 Å². The minimum Gasteiger partial charge on any atom is -0.382 e. The topological polar surface area (TPSA) is 37.8 Å². The maximum atomic E-state index is 4.34. The number of hydrogen-bond donors (Lipinski definition) is 1. The largest absolute Gasteiger partial charge is 0.382 e. The Balaban J connectivity index is 1.70. The molecule has 0 aliphatic carbocycles. The van der Waals surface area contributed by atoms with Crippen molar-refractivity contribution in [2.24, 2.45) is 0 Å². The van der Waals surface area contributed by atoms with E-state index in [0.717, 1.165) is 27.6 Å². The number of rotatable bonds is 4. The molecule has 0 fully saturated rings. The van der Waals surface area contributed by atoms with Crippen molar-refractivity contribution in [3.8, 4) is 0 Å². The Labute approximate surface area is 132 Å². The summed E-state index contributed by atoms with van der Waals surface area (Å²) in [5.74, 6) is 0. The molecule has 0 saturated heterocycles. The standard InChI is InChI=1S/C17H16BrN3/c1-12(10-13-2-4-14(18)5-3-13)21-15-6-7-16-17(11-15)20-9-8-19-16/h2-9,11-12,21H,10H2,1H3. The van der Waals surface area contributed by atoms with E-state index in [1.165, 1.54) is 5.56 Å². The first-order valence-corrected chi connectivity index (χ1v) is 7.72. The molecular formula is C17H16BrN3. The van der Waals surface area contributed by atoms with E-state index in [9.17, 15) is 0 Å². The van der Waals surface area contributed by atoms with Crippen LogP contribution in [-0.2, 0) is 6.42 Å². The van der Waals surface area contributed by atoms with Gasteiger partial charge in [0.2, 0.25) is 0 Å². The molecule has 3 nitrogen and oxygen atoms in total. The molecule has 0 spiro atoms. The Hall–Kier alpha value is -1.94. The van der Waals surface area contributed by atoms with Gasteiger partial charge < -0.3 is 5.32 Å². The number of hydrogen-bond acceptors (Lipinski definition) is 3. The molecule has 2 aromatic carbocycles. The van der Waals surface area contributed by atoms with Crippen molar-refractivity contribution in [1.82, 2.24) is 9.97 Å². The second kappa shape index (κ2) is 6.22. The van der Waals surface area contributed by atoms with Crippen LogP contribution in [0.2, 0.25) is 0 Å². The molecule has 1 unspecified atom stereocenters. The van der Waals surface area contributed by atoms with E-state index >= 15 is 0 Å². The molecular weight excluding hydrogens is 326 g/mol.